The molecule has 2 aromatic carbocycles. The van der Waals surface area contributed by atoms with Gasteiger partial charge in [-0.05, 0) is 41.2 Å². The number of carbonyl (C=O) groups excluding carboxylic acids is 1. The fraction of sp³-hybridized carbons (Fsp3) is 0.300. The minimum Gasteiger partial charge on any atom is -0.481 e. The second-order valence-electron chi connectivity index (χ2n) is 6.93. The van der Waals surface area contributed by atoms with E-state index in [1.165, 1.54) is 6.07 Å². The lowest BCUT2D eigenvalue weighted by molar-refractivity contribution is -0.141. The van der Waals surface area contributed by atoms with Gasteiger partial charge in [-0.1, -0.05) is 30.3 Å². The number of rotatable bonds is 3. The van der Waals surface area contributed by atoms with E-state index in [0.29, 0.717) is 18.5 Å². The highest BCUT2D eigenvalue weighted by molar-refractivity contribution is 5.85. The Kier molecular flexibility index (Phi) is 3.98. The first kappa shape index (κ1) is 16.7. The van der Waals surface area contributed by atoms with E-state index in [-0.39, 0.29) is 24.3 Å². The van der Waals surface area contributed by atoms with E-state index in [1.54, 1.807) is 17.0 Å². The predicted octanol–water partition coefficient (Wildman–Crippen LogP) is 3.28. The van der Waals surface area contributed by atoms with Crippen molar-refractivity contribution in [2.45, 2.75) is 24.8 Å². The molecule has 2 aliphatic rings. The summed E-state index contributed by atoms with van der Waals surface area (Å²) in [6.45, 7) is 0.506. The van der Waals surface area contributed by atoms with Crippen molar-refractivity contribution < 1.29 is 23.5 Å². The monoisotopic (exact) mass is 357 g/mol. The number of benzene rings is 2. The largest absolute Gasteiger partial charge is 0.481 e. The van der Waals surface area contributed by atoms with Gasteiger partial charge in [-0.15, -0.1) is 0 Å². The number of halogens is 2. The van der Waals surface area contributed by atoms with Crippen molar-refractivity contribution in [1.29, 1.82) is 0 Å². The predicted molar refractivity (Wildman–Crippen MR) is 89.4 cm³/mol. The van der Waals surface area contributed by atoms with E-state index in [0.717, 1.165) is 23.3 Å². The smallest absolute Gasteiger partial charge is 0.312 e. The van der Waals surface area contributed by atoms with E-state index in [2.05, 4.69) is 0 Å². The van der Waals surface area contributed by atoms with Gasteiger partial charge >= 0.3 is 5.97 Å². The lowest BCUT2D eigenvalue weighted by Crippen LogP contribution is -2.41. The summed E-state index contributed by atoms with van der Waals surface area (Å²) in [4.78, 5) is 26.0. The van der Waals surface area contributed by atoms with Crippen LogP contribution in [-0.4, -0.2) is 28.4 Å². The number of carbonyl (C=O) groups is 2. The van der Waals surface area contributed by atoms with Crippen LogP contribution < -0.4 is 0 Å². The minimum absolute atomic E-state index is 0.125. The second kappa shape index (κ2) is 6.20. The van der Waals surface area contributed by atoms with Gasteiger partial charge in [0.1, 0.15) is 0 Å². The molecule has 0 saturated heterocycles. The maximum atomic E-state index is 13.4. The minimum atomic E-state index is -0.956. The van der Waals surface area contributed by atoms with Crippen LogP contribution >= 0.6 is 0 Å². The first-order chi connectivity index (χ1) is 12.5. The molecule has 0 aromatic heterocycles. The van der Waals surface area contributed by atoms with Gasteiger partial charge in [-0.25, -0.2) is 8.78 Å². The van der Waals surface area contributed by atoms with Crippen molar-refractivity contribution in [3.05, 3.63) is 70.8 Å². The molecular weight excluding hydrogens is 340 g/mol. The number of aliphatic carboxylic acids is 1. The highest BCUT2D eigenvalue weighted by Gasteiger charge is 2.47. The average Bonchev–Trinajstić information content (AvgIpc) is 3.43. The molecule has 2 aromatic rings. The van der Waals surface area contributed by atoms with Crippen molar-refractivity contribution in [3.8, 4) is 0 Å². The van der Waals surface area contributed by atoms with Crippen molar-refractivity contribution in [2.24, 2.45) is 5.92 Å². The molecule has 0 spiro atoms. The Morgan fingerprint density at radius 3 is 2.58 bits per heavy atom. The second-order valence-corrected chi connectivity index (χ2v) is 6.93. The third-order valence-corrected chi connectivity index (χ3v) is 5.28. The van der Waals surface area contributed by atoms with Gasteiger partial charge in [0.25, 0.3) is 0 Å². The van der Waals surface area contributed by atoms with Crippen molar-refractivity contribution in [2.75, 3.05) is 6.54 Å². The van der Waals surface area contributed by atoms with Gasteiger partial charge in [-0.3, -0.25) is 9.59 Å². The molecule has 1 fully saturated rings. The molecule has 1 N–H and O–H groups in total. The topological polar surface area (TPSA) is 57.6 Å². The molecule has 4 rings (SSSR count). The summed E-state index contributed by atoms with van der Waals surface area (Å²) in [5.41, 5.74) is 2.19. The SMILES string of the molecule is O=C(O)C1CN(C(=O)C2CC2c2ccc(F)c(F)c2)Cc2ccccc21. The van der Waals surface area contributed by atoms with E-state index >= 15 is 0 Å². The van der Waals surface area contributed by atoms with Crippen LogP contribution in [0.25, 0.3) is 0 Å². The summed E-state index contributed by atoms with van der Waals surface area (Å²) in [5.74, 6) is -4.10. The van der Waals surface area contributed by atoms with E-state index in [4.69, 9.17) is 0 Å². The van der Waals surface area contributed by atoms with Crippen LogP contribution in [-0.2, 0) is 16.1 Å². The number of hydrogen-bond donors (Lipinski definition) is 1. The molecule has 1 aliphatic carbocycles. The third kappa shape index (κ3) is 2.85. The van der Waals surface area contributed by atoms with Crippen LogP contribution in [0.2, 0.25) is 0 Å². The fourth-order valence-electron chi connectivity index (χ4n) is 3.80. The summed E-state index contributed by atoms with van der Waals surface area (Å²) < 4.78 is 26.5. The molecule has 1 heterocycles. The van der Waals surface area contributed by atoms with E-state index < -0.39 is 23.5 Å². The molecule has 3 unspecified atom stereocenters. The molecule has 3 atom stereocenters. The summed E-state index contributed by atoms with van der Waals surface area (Å²) >= 11 is 0. The van der Waals surface area contributed by atoms with E-state index in [9.17, 15) is 23.5 Å². The van der Waals surface area contributed by atoms with Gasteiger partial charge in [0.2, 0.25) is 5.91 Å². The lowest BCUT2D eigenvalue weighted by Gasteiger charge is -2.33. The van der Waals surface area contributed by atoms with Crippen LogP contribution in [0.4, 0.5) is 8.78 Å². The van der Waals surface area contributed by atoms with Crippen LogP contribution in [0.3, 0.4) is 0 Å². The zero-order valence-electron chi connectivity index (χ0n) is 13.9. The lowest BCUT2D eigenvalue weighted by atomic mass is 9.89. The number of carboxylic acids is 1. The Hall–Kier alpha value is -2.76. The first-order valence-electron chi connectivity index (χ1n) is 8.50. The molecule has 1 aliphatic heterocycles. The molecule has 0 radical (unpaired) electrons. The quantitative estimate of drug-likeness (QED) is 0.917. The average molecular weight is 357 g/mol. The normalized spacial score (nSPS) is 24.1. The maximum Gasteiger partial charge on any atom is 0.312 e. The summed E-state index contributed by atoms with van der Waals surface area (Å²) in [6, 6.07) is 11.0. The molecule has 4 nitrogen and oxygen atoms in total. The molecular formula is C20H17F2NO3. The first-order valence-corrected chi connectivity index (χ1v) is 8.50. The number of hydrogen-bond acceptors (Lipinski definition) is 2. The Bertz CT molecular complexity index is 898. The van der Waals surface area contributed by atoms with Crippen molar-refractivity contribution >= 4 is 11.9 Å². The van der Waals surface area contributed by atoms with Crippen molar-refractivity contribution in [1.82, 2.24) is 4.90 Å². The molecule has 26 heavy (non-hydrogen) atoms. The Balaban J connectivity index is 1.53. The van der Waals surface area contributed by atoms with Gasteiger partial charge in [0, 0.05) is 19.0 Å². The Labute approximate surface area is 149 Å². The van der Waals surface area contributed by atoms with Gasteiger partial charge in [-0.2, -0.15) is 0 Å². The van der Waals surface area contributed by atoms with Crippen LogP contribution in [0.1, 0.15) is 34.9 Å². The van der Waals surface area contributed by atoms with Gasteiger partial charge in [0.15, 0.2) is 11.6 Å². The van der Waals surface area contributed by atoms with Crippen LogP contribution in [0.5, 0.6) is 0 Å². The van der Waals surface area contributed by atoms with Crippen molar-refractivity contribution in [3.63, 3.8) is 0 Å². The zero-order chi connectivity index (χ0) is 18.4. The number of nitrogens with zero attached hydrogens (tertiary/aromatic N) is 1. The Morgan fingerprint density at radius 2 is 1.85 bits per heavy atom. The van der Waals surface area contributed by atoms with E-state index in [1.807, 2.05) is 12.1 Å². The maximum absolute atomic E-state index is 13.4. The molecule has 134 valence electrons. The standard InChI is InChI=1S/C20H17F2NO3/c21-17-6-5-11(7-18(17)22)14-8-15(14)19(24)23-9-12-3-1-2-4-13(12)16(10-23)20(25)26/h1-7,14-16H,8-10H2,(H,25,26). The molecule has 1 saturated carbocycles. The zero-order valence-corrected chi connectivity index (χ0v) is 13.9. The molecule has 6 heteroatoms. The number of amides is 1. The van der Waals surface area contributed by atoms with Crippen LogP contribution in [0.15, 0.2) is 42.5 Å². The highest BCUT2D eigenvalue weighted by atomic mass is 19.2. The van der Waals surface area contributed by atoms with Crippen LogP contribution in [0, 0.1) is 17.6 Å². The summed E-state index contributed by atoms with van der Waals surface area (Å²) in [7, 11) is 0. The summed E-state index contributed by atoms with van der Waals surface area (Å²) in [5, 5.41) is 9.51. The Morgan fingerprint density at radius 1 is 1.08 bits per heavy atom. The molecule has 0 bridgehead atoms. The molecule has 1 amide bonds. The van der Waals surface area contributed by atoms with Gasteiger partial charge in [0.05, 0.1) is 5.92 Å². The summed E-state index contributed by atoms with van der Waals surface area (Å²) in [6.07, 6.45) is 0.569. The third-order valence-electron chi connectivity index (χ3n) is 5.28. The highest BCUT2D eigenvalue weighted by Crippen LogP contribution is 2.49. The number of carboxylic acid groups (broad SMARTS) is 1. The fourth-order valence-corrected chi connectivity index (χ4v) is 3.80. The number of fused-ring (bicyclic) bond motifs is 1. The van der Waals surface area contributed by atoms with Gasteiger partial charge < -0.3 is 10.0 Å².